The molecule has 0 radical (unpaired) electrons. The third-order valence-corrected chi connectivity index (χ3v) is 2.96. The fraction of sp³-hybridized carbons (Fsp3) is 0.900. The van der Waals surface area contributed by atoms with Gasteiger partial charge in [0, 0.05) is 13.6 Å². The van der Waals surface area contributed by atoms with Crippen molar-refractivity contribution in [3.05, 3.63) is 0 Å². The number of nitrogens with one attached hydrogen (secondary N) is 1. The van der Waals surface area contributed by atoms with Crippen LogP contribution in [0.2, 0.25) is 0 Å². The molecule has 0 aromatic rings. The Hall–Kier alpha value is -0.570. The minimum Gasteiger partial charge on any atom is -0.344 e. The standard InChI is InChI=1S/C10H18N2O/c1-12(7-8-4-5-8)10(13)9-3-2-6-11-9/h8-9,11H,2-7H2,1H3. The normalized spacial score (nSPS) is 27.6. The summed E-state index contributed by atoms with van der Waals surface area (Å²) in [5.74, 6) is 1.10. The van der Waals surface area contributed by atoms with Gasteiger partial charge >= 0.3 is 0 Å². The maximum atomic E-state index is 11.8. The lowest BCUT2D eigenvalue weighted by Gasteiger charge is -2.20. The van der Waals surface area contributed by atoms with Crippen LogP contribution in [0, 0.1) is 5.92 Å². The van der Waals surface area contributed by atoms with Crippen molar-refractivity contribution < 1.29 is 4.79 Å². The molecule has 1 amide bonds. The zero-order chi connectivity index (χ0) is 9.26. The van der Waals surface area contributed by atoms with E-state index in [4.69, 9.17) is 0 Å². The second-order valence-corrected chi connectivity index (χ2v) is 4.31. The van der Waals surface area contributed by atoms with E-state index >= 15 is 0 Å². The van der Waals surface area contributed by atoms with Crippen molar-refractivity contribution in [1.82, 2.24) is 10.2 Å². The van der Waals surface area contributed by atoms with Crippen LogP contribution >= 0.6 is 0 Å². The Balaban J connectivity index is 1.79. The lowest BCUT2D eigenvalue weighted by molar-refractivity contribution is -0.131. The largest absolute Gasteiger partial charge is 0.344 e. The van der Waals surface area contributed by atoms with Gasteiger partial charge in [0.2, 0.25) is 5.91 Å². The molecule has 0 aromatic heterocycles. The Morgan fingerprint density at radius 2 is 2.23 bits per heavy atom. The molecule has 0 spiro atoms. The van der Waals surface area contributed by atoms with E-state index in [2.05, 4.69) is 5.32 Å². The first-order valence-corrected chi connectivity index (χ1v) is 5.26. The zero-order valence-electron chi connectivity index (χ0n) is 8.25. The summed E-state index contributed by atoms with van der Waals surface area (Å²) in [7, 11) is 1.93. The maximum Gasteiger partial charge on any atom is 0.239 e. The van der Waals surface area contributed by atoms with Gasteiger partial charge in [0.25, 0.3) is 0 Å². The minimum absolute atomic E-state index is 0.115. The summed E-state index contributed by atoms with van der Waals surface area (Å²) in [4.78, 5) is 13.7. The summed E-state index contributed by atoms with van der Waals surface area (Å²) in [5.41, 5.74) is 0. The second-order valence-electron chi connectivity index (χ2n) is 4.31. The highest BCUT2D eigenvalue weighted by Crippen LogP contribution is 2.29. The summed E-state index contributed by atoms with van der Waals surface area (Å²) in [6.45, 7) is 1.98. The highest BCUT2D eigenvalue weighted by Gasteiger charge is 2.29. The number of carbonyl (C=O) groups is 1. The molecule has 2 rings (SSSR count). The van der Waals surface area contributed by atoms with Crippen molar-refractivity contribution in [2.45, 2.75) is 31.7 Å². The first-order chi connectivity index (χ1) is 6.27. The first kappa shape index (κ1) is 9.00. The summed E-state index contributed by atoms with van der Waals surface area (Å²) < 4.78 is 0. The van der Waals surface area contributed by atoms with E-state index in [1.165, 1.54) is 12.8 Å². The molecular formula is C10H18N2O. The molecule has 0 aromatic carbocycles. The van der Waals surface area contributed by atoms with Crippen LogP contribution in [0.3, 0.4) is 0 Å². The van der Waals surface area contributed by atoms with Crippen molar-refractivity contribution in [2.24, 2.45) is 5.92 Å². The smallest absolute Gasteiger partial charge is 0.239 e. The van der Waals surface area contributed by atoms with Crippen LogP contribution in [-0.4, -0.2) is 37.0 Å². The van der Waals surface area contributed by atoms with Crippen LogP contribution in [0.1, 0.15) is 25.7 Å². The van der Waals surface area contributed by atoms with Crippen molar-refractivity contribution in [2.75, 3.05) is 20.1 Å². The monoisotopic (exact) mass is 182 g/mol. The predicted octanol–water partition coefficient (Wildman–Crippen LogP) is 0.607. The van der Waals surface area contributed by atoms with Crippen molar-refractivity contribution >= 4 is 5.91 Å². The Labute approximate surface area is 79.5 Å². The van der Waals surface area contributed by atoms with E-state index in [0.29, 0.717) is 5.91 Å². The number of carbonyl (C=O) groups excluding carboxylic acids is 1. The van der Waals surface area contributed by atoms with Gasteiger partial charge in [-0.15, -0.1) is 0 Å². The van der Waals surface area contributed by atoms with Gasteiger partial charge in [-0.05, 0) is 38.1 Å². The van der Waals surface area contributed by atoms with E-state index in [1.807, 2.05) is 11.9 Å². The van der Waals surface area contributed by atoms with E-state index in [0.717, 1.165) is 31.8 Å². The van der Waals surface area contributed by atoms with E-state index in [9.17, 15) is 4.79 Å². The van der Waals surface area contributed by atoms with Crippen molar-refractivity contribution in [1.29, 1.82) is 0 Å². The molecule has 0 bridgehead atoms. The Morgan fingerprint density at radius 1 is 1.46 bits per heavy atom. The SMILES string of the molecule is CN(CC1CC1)C(=O)C1CCCN1. The molecule has 1 aliphatic heterocycles. The first-order valence-electron chi connectivity index (χ1n) is 5.26. The third kappa shape index (κ3) is 2.21. The highest BCUT2D eigenvalue weighted by molar-refractivity contribution is 5.81. The van der Waals surface area contributed by atoms with Gasteiger partial charge in [0.1, 0.15) is 0 Å². The number of hydrogen-bond donors (Lipinski definition) is 1. The molecular weight excluding hydrogens is 164 g/mol. The Kier molecular flexibility index (Phi) is 2.54. The maximum absolute atomic E-state index is 11.8. The quantitative estimate of drug-likeness (QED) is 0.693. The lowest BCUT2D eigenvalue weighted by atomic mass is 10.2. The fourth-order valence-electron chi connectivity index (χ4n) is 1.94. The number of likely N-dealkylation sites (N-methyl/N-ethyl adjacent to an activating group) is 1. The molecule has 3 heteroatoms. The van der Waals surface area contributed by atoms with Crippen molar-refractivity contribution in [3.63, 3.8) is 0 Å². The molecule has 2 aliphatic rings. The second kappa shape index (κ2) is 3.66. The van der Waals surface area contributed by atoms with Gasteiger partial charge in [-0.1, -0.05) is 0 Å². The molecule has 2 fully saturated rings. The van der Waals surface area contributed by atoms with Crippen LogP contribution in [0.25, 0.3) is 0 Å². The molecule has 1 unspecified atom stereocenters. The topological polar surface area (TPSA) is 32.3 Å². The average Bonchev–Trinajstić information content (AvgIpc) is 2.78. The zero-order valence-corrected chi connectivity index (χ0v) is 8.25. The van der Waals surface area contributed by atoms with Crippen LogP contribution in [0.4, 0.5) is 0 Å². The van der Waals surface area contributed by atoms with Gasteiger partial charge in [-0.2, -0.15) is 0 Å². The molecule has 74 valence electrons. The number of nitrogens with zero attached hydrogens (tertiary/aromatic N) is 1. The third-order valence-electron chi connectivity index (χ3n) is 2.96. The molecule has 1 saturated carbocycles. The molecule has 3 nitrogen and oxygen atoms in total. The van der Waals surface area contributed by atoms with E-state index in [1.54, 1.807) is 0 Å². The average molecular weight is 182 g/mol. The lowest BCUT2D eigenvalue weighted by Crippen LogP contribution is -2.42. The Morgan fingerprint density at radius 3 is 2.77 bits per heavy atom. The number of hydrogen-bond acceptors (Lipinski definition) is 2. The predicted molar refractivity (Wildman–Crippen MR) is 51.4 cm³/mol. The minimum atomic E-state index is 0.115. The molecule has 1 aliphatic carbocycles. The summed E-state index contributed by atoms with van der Waals surface area (Å²) in [6.07, 6.45) is 4.80. The van der Waals surface area contributed by atoms with Gasteiger partial charge in [0.05, 0.1) is 6.04 Å². The van der Waals surface area contributed by atoms with Crippen LogP contribution in [-0.2, 0) is 4.79 Å². The van der Waals surface area contributed by atoms with Gasteiger partial charge in [-0.3, -0.25) is 4.79 Å². The molecule has 13 heavy (non-hydrogen) atoms. The van der Waals surface area contributed by atoms with Crippen molar-refractivity contribution in [3.8, 4) is 0 Å². The van der Waals surface area contributed by atoms with Crippen LogP contribution < -0.4 is 5.32 Å². The van der Waals surface area contributed by atoms with Crippen LogP contribution in [0.5, 0.6) is 0 Å². The van der Waals surface area contributed by atoms with Gasteiger partial charge < -0.3 is 10.2 Å². The molecule has 1 atom stereocenters. The summed E-state index contributed by atoms with van der Waals surface area (Å²) in [5, 5.41) is 3.24. The summed E-state index contributed by atoms with van der Waals surface area (Å²) in [6, 6.07) is 0.115. The molecule has 1 heterocycles. The van der Waals surface area contributed by atoms with E-state index < -0.39 is 0 Å². The van der Waals surface area contributed by atoms with Gasteiger partial charge in [-0.25, -0.2) is 0 Å². The van der Waals surface area contributed by atoms with Crippen LogP contribution in [0.15, 0.2) is 0 Å². The number of rotatable bonds is 3. The van der Waals surface area contributed by atoms with E-state index in [-0.39, 0.29) is 6.04 Å². The molecule has 1 N–H and O–H groups in total. The molecule has 1 saturated heterocycles. The Bertz CT molecular complexity index is 195. The van der Waals surface area contributed by atoms with Gasteiger partial charge in [0.15, 0.2) is 0 Å². The fourth-order valence-corrected chi connectivity index (χ4v) is 1.94. The highest BCUT2D eigenvalue weighted by atomic mass is 16.2. The summed E-state index contributed by atoms with van der Waals surface area (Å²) >= 11 is 0. The number of amides is 1.